The molecule has 92 valence electrons. The fourth-order valence-corrected chi connectivity index (χ4v) is 1.79. The fraction of sp³-hybridized carbons (Fsp3) is 0.333. The zero-order valence-electron chi connectivity index (χ0n) is 9.67. The summed E-state index contributed by atoms with van der Waals surface area (Å²) >= 11 is 0. The van der Waals surface area contributed by atoms with E-state index in [2.05, 4.69) is 16.1 Å². The topological polar surface area (TPSA) is 21.7 Å². The summed E-state index contributed by atoms with van der Waals surface area (Å²) in [5.74, 6) is 0.134. The molecule has 0 aromatic heterocycles. The SMILES string of the molecule is C=CCN(C)c1cc2c(cc1C)OC(F)(F)O2. The second-order valence-corrected chi connectivity index (χ2v) is 3.92. The first-order valence-electron chi connectivity index (χ1n) is 5.15. The molecule has 5 heteroatoms. The second kappa shape index (κ2) is 3.91. The van der Waals surface area contributed by atoms with Crippen molar-refractivity contribution in [2.45, 2.75) is 13.2 Å². The lowest BCUT2D eigenvalue weighted by Gasteiger charge is -2.19. The van der Waals surface area contributed by atoms with E-state index >= 15 is 0 Å². The first-order valence-corrected chi connectivity index (χ1v) is 5.15. The summed E-state index contributed by atoms with van der Waals surface area (Å²) in [7, 11) is 1.85. The maximum absolute atomic E-state index is 12.9. The number of hydrogen-bond donors (Lipinski definition) is 0. The molecular formula is C12H13F2NO2. The average Bonchev–Trinajstić information content (AvgIpc) is 2.50. The van der Waals surface area contributed by atoms with Crippen LogP contribution in [0.1, 0.15) is 5.56 Å². The molecule has 0 fully saturated rings. The first-order chi connectivity index (χ1) is 7.93. The van der Waals surface area contributed by atoms with Crippen LogP contribution < -0.4 is 14.4 Å². The second-order valence-electron chi connectivity index (χ2n) is 3.92. The van der Waals surface area contributed by atoms with E-state index in [0.29, 0.717) is 6.54 Å². The van der Waals surface area contributed by atoms with Crippen molar-refractivity contribution in [2.75, 3.05) is 18.5 Å². The molecule has 0 saturated carbocycles. The Labute approximate surface area is 98.2 Å². The molecule has 0 saturated heterocycles. The van der Waals surface area contributed by atoms with Gasteiger partial charge in [-0.05, 0) is 18.6 Å². The summed E-state index contributed by atoms with van der Waals surface area (Å²) in [6.07, 6.45) is -1.83. The highest BCUT2D eigenvalue weighted by molar-refractivity contribution is 5.62. The molecule has 3 nitrogen and oxygen atoms in total. The normalized spacial score (nSPS) is 15.8. The number of ether oxygens (including phenoxy) is 2. The Hall–Kier alpha value is -1.78. The van der Waals surface area contributed by atoms with Crippen molar-refractivity contribution in [1.29, 1.82) is 0 Å². The monoisotopic (exact) mass is 241 g/mol. The Balaban J connectivity index is 2.36. The fourth-order valence-electron chi connectivity index (χ4n) is 1.79. The van der Waals surface area contributed by atoms with Gasteiger partial charge in [-0.2, -0.15) is 0 Å². The maximum atomic E-state index is 12.9. The van der Waals surface area contributed by atoms with Crippen LogP contribution in [0.25, 0.3) is 0 Å². The predicted molar refractivity (Wildman–Crippen MR) is 60.8 cm³/mol. The molecule has 1 heterocycles. The van der Waals surface area contributed by atoms with Crippen LogP contribution in [0.5, 0.6) is 11.5 Å². The van der Waals surface area contributed by atoms with E-state index in [-0.39, 0.29) is 11.5 Å². The van der Waals surface area contributed by atoms with Crippen molar-refractivity contribution < 1.29 is 18.3 Å². The average molecular weight is 241 g/mol. The minimum absolute atomic E-state index is 0.0616. The molecule has 0 atom stereocenters. The van der Waals surface area contributed by atoms with Crippen LogP contribution in [0, 0.1) is 6.92 Å². The predicted octanol–water partition coefficient (Wildman–Crippen LogP) is 2.94. The molecule has 1 aliphatic rings. The Bertz CT molecular complexity index is 460. The third-order valence-corrected chi connectivity index (χ3v) is 2.53. The van der Waals surface area contributed by atoms with E-state index in [9.17, 15) is 8.78 Å². The summed E-state index contributed by atoms with van der Waals surface area (Å²) in [6.45, 7) is 6.08. The van der Waals surface area contributed by atoms with Gasteiger partial charge in [-0.25, -0.2) is 0 Å². The molecule has 0 unspecified atom stereocenters. The molecule has 0 bridgehead atoms. The van der Waals surface area contributed by atoms with Gasteiger partial charge in [0.05, 0.1) is 0 Å². The highest BCUT2D eigenvalue weighted by Crippen LogP contribution is 2.44. The Morgan fingerprint density at radius 2 is 1.94 bits per heavy atom. The lowest BCUT2D eigenvalue weighted by molar-refractivity contribution is -0.286. The van der Waals surface area contributed by atoms with E-state index in [0.717, 1.165) is 11.3 Å². The third kappa shape index (κ3) is 2.18. The van der Waals surface area contributed by atoms with Gasteiger partial charge >= 0.3 is 6.29 Å². The van der Waals surface area contributed by atoms with E-state index in [1.165, 1.54) is 0 Å². The molecule has 0 N–H and O–H groups in total. The van der Waals surface area contributed by atoms with Crippen LogP contribution in [0.15, 0.2) is 24.8 Å². The van der Waals surface area contributed by atoms with Crippen molar-refractivity contribution in [3.63, 3.8) is 0 Å². The van der Waals surface area contributed by atoms with Gasteiger partial charge in [-0.1, -0.05) is 6.08 Å². The van der Waals surface area contributed by atoms with Gasteiger partial charge in [0.25, 0.3) is 0 Å². The Morgan fingerprint density at radius 3 is 2.53 bits per heavy atom. The standard InChI is InChI=1S/C12H13F2NO2/c1-4-5-15(3)9-7-11-10(6-8(9)2)16-12(13,14)17-11/h4,6-7H,1,5H2,2-3H3. The smallest absolute Gasteiger partial charge is 0.395 e. The van der Waals surface area contributed by atoms with E-state index < -0.39 is 6.29 Å². The summed E-state index contributed by atoms with van der Waals surface area (Å²) in [6, 6.07) is 3.10. The van der Waals surface area contributed by atoms with Crippen LogP contribution in [-0.4, -0.2) is 19.9 Å². The van der Waals surface area contributed by atoms with Crippen molar-refractivity contribution in [1.82, 2.24) is 0 Å². The van der Waals surface area contributed by atoms with Crippen molar-refractivity contribution in [2.24, 2.45) is 0 Å². The van der Waals surface area contributed by atoms with E-state index in [1.54, 1.807) is 18.2 Å². The van der Waals surface area contributed by atoms with Crippen molar-refractivity contribution >= 4 is 5.69 Å². The van der Waals surface area contributed by atoms with Gasteiger partial charge in [0, 0.05) is 25.3 Å². The summed E-state index contributed by atoms with van der Waals surface area (Å²) in [4.78, 5) is 1.89. The first kappa shape index (κ1) is 11.7. The Kier molecular flexibility index (Phi) is 2.69. The zero-order chi connectivity index (χ0) is 12.6. The molecule has 2 rings (SSSR count). The molecule has 0 spiro atoms. The third-order valence-electron chi connectivity index (χ3n) is 2.53. The number of hydrogen-bond acceptors (Lipinski definition) is 3. The Morgan fingerprint density at radius 1 is 1.35 bits per heavy atom. The minimum atomic E-state index is -3.57. The lowest BCUT2D eigenvalue weighted by atomic mass is 10.1. The minimum Gasteiger partial charge on any atom is -0.395 e. The number of aryl methyl sites for hydroxylation is 1. The van der Waals surface area contributed by atoms with E-state index in [1.807, 2.05) is 18.9 Å². The molecule has 17 heavy (non-hydrogen) atoms. The highest BCUT2D eigenvalue weighted by atomic mass is 19.3. The number of alkyl halides is 2. The quantitative estimate of drug-likeness (QED) is 0.759. The largest absolute Gasteiger partial charge is 0.586 e. The van der Waals surface area contributed by atoms with Gasteiger partial charge in [0.2, 0.25) is 0 Å². The number of fused-ring (bicyclic) bond motifs is 1. The van der Waals surface area contributed by atoms with Crippen LogP contribution >= 0.6 is 0 Å². The number of benzene rings is 1. The molecule has 0 radical (unpaired) electrons. The number of nitrogens with zero attached hydrogens (tertiary/aromatic N) is 1. The van der Waals surface area contributed by atoms with Crippen molar-refractivity contribution in [3.05, 3.63) is 30.4 Å². The maximum Gasteiger partial charge on any atom is 0.586 e. The molecule has 1 aromatic rings. The van der Waals surface area contributed by atoms with Crippen LogP contribution in [0.2, 0.25) is 0 Å². The van der Waals surface area contributed by atoms with Gasteiger partial charge in [0.1, 0.15) is 0 Å². The lowest BCUT2D eigenvalue weighted by Crippen LogP contribution is -2.25. The zero-order valence-corrected chi connectivity index (χ0v) is 9.67. The summed E-state index contributed by atoms with van der Waals surface area (Å²) in [5, 5.41) is 0. The van der Waals surface area contributed by atoms with Gasteiger partial charge in [-0.3, -0.25) is 0 Å². The molecule has 1 aliphatic heterocycles. The van der Waals surface area contributed by atoms with Gasteiger partial charge in [-0.15, -0.1) is 15.4 Å². The number of halogens is 2. The van der Waals surface area contributed by atoms with E-state index in [4.69, 9.17) is 0 Å². The van der Waals surface area contributed by atoms with Crippen molar-refractivity contribution in [3.8, 4) is 11.5 Å². The van der Waals surface area contributed by atoms with Gasteiger partial charge in [0.15, 0.2) is 11.5 Å². The summed E-state index contributed by atoms with van der Waals surface area (Å²) in [5.41, 5.74) is 1.65. The van der Waals surface area contributed by atoms with Crippen LogP contribution in [-0.2, 0) is 0 Å². The van der Waals surface area contributed by atoms with Crippen LogP contribution in [0.3, 0.4) is 0 Å². The molecule has 0 aliphatic carbocycles. The van der Waals surface area contributed by atoms with Crippen LogP contribution in [0.4, 0.5) is 14.5 Å². The summed E-state index contributed by atoms with van der Waals surface area (Å²) < 4.78 is 34.5. The van der Waals surface area contributed by atoms with Gasteiger partial charge < -0.3 is 14.4 Å². The molecular weight excluding hydrogens is 228 g/mol. The number of anilines is 1. The molecule has 0 amide bonds. The number of rotatable bonds is 3. The highest BCUT2D eigenvalue weighted by Gasteiger charge is 2.43. The number of likely N-dealkylation sites (N-methyl/N-ethyl adjacent to an activating group) is 1. The molecule has 1 aromatic carbocycles.